The Balaban J connectivity index is 1.83. The minimum absolute atomic E-state index is 0.112. The predicted molar refractivity (Wildman–Crippen MR) is 79.7 cm³/mol. The second-order valence-electron chi connectivity index (χ2n) is 4.72. The molecule has 5 nitrogen and oxygen atoms in total. The lowest BCUT2D eigenvalue weighted by molar-refractivity contribution is -0.116. The predicted octanol–water partition coefficient (Wildman–Crippen LogP) is 2.93. The zero-order chi connectivity index (χ0) is 14.5. The lowest BCUT2D eigenvalue weighted by Crippen LogP contribution is -2.39. The van der Waals surface area contributed by atoms with Crippen molar-refractivity contribution in [3.05, 3.63) is 28.2 Å². The molecule has 0 aliphatic carbocycles. The molecule has 1 fully saturated rings. The first kappa shape index (κ1) is 14.8. The van der Waals surface area contributed by atoms with Crippen molar-refractivity contribution in [2.45, 2.75) is 19.8 Å². The van der Waals surface area contributed by atoms with E-state index in [1.165, 1.54) is 0 Å². The number of nitrogens with zero attached hydrogens (tertiary/aromatic N) is 1. The average molecular weight is 341 g/mol. The molecule has 1 aliphatic heterocycles. The molecule has 0 saturated carbocycles. The summed E-state index contributed by atoms with van der Waals surface area (Å²) in [5.74, 6) is -0.112. The number of cyclic esters (lactones) is 1. The van der Waals surface area contributed by atoms with E-state index in [-0.39, 0.29) is 18.4 Å². The van der Waals surface area contributed by atoms with Crippen LogP contribution in [0.2, 0.25) is 0 Å². The van der Waals surface area contributed by atoms with Crippen LogP contribution in [0.1, 0.15) is 18.4 Å². The molecule has 0 atom stereocenters. The molecule has 20 heavy (non-hydrogen) atoms. The topological polar surface area (TPSA) is 58.6 Å². The van der Waals surface area contributed by atoms with Crippen molar-refractivity contribution in [1.29, 1.82) is 0 Å². The number of rotatable bonds is 4. The Bertz CT molecular complexity index is 519. The molecular weight excluding hydrogens is 324 g/mol. The van der Waals surface area contributed by atoms with E-state index in [2.05, 4.69) is 21.2 Å². The fourth-order valence-corrected chi connectivity index (χ4v) is 2.31. The number of nitrogens with one attached hydrogen (secondary N) is 1. The third-order valence-electron chi connectivity index (χ3n) is 3.12. The summed E-state index contributed by atoms with van der Waals surface area (Å²) < 4.78 is 5.87. The van der Waals surface area contributed by atoms with E-state index >= 15 is 0 Å². The van der Waals surface area contributed by atoms with Crippen molar-refractivity contribution in [2.24, 2.45) is 0 Å². The first-order chi connectivity index (χ1) is 9.56. The summed E-state index contributed by atoms with van der Waals surface area (Å²) >= 11 is 3.42. The van der Waals surface area contributed by atoms with Gasteiger partial charge in [0.1, 0.15) is 0 Å². The van der Waals surface area contributed by atoms with Gasteiger partial charge in [-0.3, -0.25) is 4.79 Å². The second-order valence-corrected chi connectivity index (χ2v) is 5.57. The quantitative estimate of drug-likeness (QED) is 0.916. The van der Waals surface area contributed by atoms with Gasteiger partial charge in [-0.05, 0) is 31.0 Å². The Morgan fingerprint density at radius 3 is 3.00 bits per heavy atom. The molecule has 1 aromatic rings. The Morgan fingerprint density at radius 2 is 2.30 bits per heavy atom. The Labute approximate surface area is 126 Å². The fourth-order valence-electron chi connectivity index (χ4n) is 1.93. The number of amides is 2. The van der Waals surface area contributed by atoms with Gasteiger partial charge in [0.2, 0.25) is 5.91 Å². The van der Waals surface area contributed by atoms with Gasteiger partial charge in [0, 0.05) is 29.7 Å². The first-order valence-corrected chi connectivity index (χ1v) is 7.33. The van der Waals surface area contributed by atoms with Crippen LogP contribution in [-0.4, -0.2) is 36.6 Å². The molecule has 0 bridgehead atoms. The highest BCUT2D eigenvalue weighted by molar-refractivity contribution is 9.10. The van der Waals surface area contributed by atoms with Crippen LogP contribution in [0.4, 0.5) is 10.5 Å². The van der Waals surface area contributed by atoms with Crippen LogP contribution in [0.25, 0.3) is 0 Å². The molecule has 0 aromatic heterocycles. The van der Waals surface area contributed by atoms with Gasteiger partial charge in [0.05, 0.1) is 6.61 Å². The molecule has 108 valence electrons. The van der Waals surface area contributed by atoms with Gasteiger partial charge in [-0.2, -0.15) is 0 Å². The summed E-state index contributed by atoms with van der Waals surface area (Å²) in [5, 5.41) is 2.82. The largest absolute Gasteiger partial charge is 0.449 e. The van der Waals surface area contributed by atoms with E-state index in [0.717, 1.165) is 22.1 Å². The standard InChI is InChI=1S/C14H17BrN2O3/c1-10-3-4-11(9-12(10)15)16-13(18)5-7-17-6-2-8-20-14(17)19/h3-4,9H,2,5-8H2,1H3,(H,16,18). The number of benzene rings is 1. The van der Waals surface area contributed by atoms with Crippen molar-refractivity contribution in [1.82, 2.24) is 4.90 Å². The summed E-state index contributed by atoms with van der Waals surface area (Å²) in [7, 11) is 0. The van der Waals surface area contributed by atoms with Crippen molar-refractivity contribution in [3.63, 3.8) is 0 Å². The number of ether oxygens (including phenoxy) is 1. The molecular formula is C14H17BrN2O3. The molecule has 0 unspecified atom stereocenters. The molecule has 1 N–H and O–H groups in total. The average Bonchev–Trinajstić information content (AvgIpc) is 2.42. The van der Waals surface area contributed by atoms with Crippen molar-refractivity contribution in [3.8, 4) is 0 Å². The van der Waals surface area contributed by atoms with E-state index < -0.39 is 0 Å². The molecule has 1 saturated heterocycles. The lowest BCUT2D eigenvalue weighted by Gasteiger charge is -2.25. The van der Waals surface area contributed by atoms with Gasteiger partial charge in [0.15, 0.2) is 0 Å². The highest BCUT2D eigenvalue weighted by Crippen LogP contribution is 2.20. The Morgan fingerprint density at radius 1 is 1.50 bits per heavy atom. The third kappa shape index (κ3) is 3.96. The fraction of sp³-hybridized carbons (Fsp3) is 0.429. The molecule has 1 aromatic carbocycles. The number of halogens is 1. The van der Waals surface area contributed by atoms with E-state index in [0.29, 0.717) is 19.7 Å². The summed E-state index contributed by atoms with van der Waals surface area (Å²) in [5.41, 5.74) is 1.85. The smallest absolute Gasteiger partial charge is 0.409 e. The number of carbonyl (C=O) groups is 2. The van der Waals surface area contributed by atoms with Crippen LogP contribution in [0.3, 0.4) is 0 Å². The van der Waals surface area contributed by atoms with Crippen LogP contribution in [-0.2, 0) is 9.53 Å². The number of anilines is 1. The van der Waals surface area contributed by atoms with Crippen molar-refractivity contribution in [2.75, 3.05) is 25.0 Å². The first-order valence-electron chi connectivity index (χ1n) is 6.54. The van der Waals surface area contributed by atoms with E-state index in [4.69, 9.17) is 4.74 Å². The molecule has 1 aliphatic rings. The van der Waals surface area contributed by atoms with Gasteiger partial charge < -0.3 is 15.0 Å². The van der Waals surface area contributed by atoms with Crippen LogP contribution >= 0.6 is 15.9 Å². The summed E-state index contributed by atoms with van der Waals surface area (Å²) in [6.07, 6.45) is 0.751. The van der Waals surface area contributed by atoms with Crippen molar-refractivity contribution >= 4 is 33.6 Å². The SMILES string of the molecule is Cc1ccc(NC(=O)CCN2CCCOC2=O)cc1Br. The number of carbonyl (C=O) groups excluding carboxylic acids is 2. The summed E-state index contributed by atoms with van der Waals surface area (Å²) in [6, 6.07) is 5.65. The molecule has 6 heteroatoms. The highest BCUT2D eigenvalue weighted by Gasteiger charge is 2.19. The minimum Gasteiger partial charge on any atom is -0.449 e. The summed E-state index contributed by atoms with van der Waals surface area (Å²) in [4.78, 5) is 24.8. The van der Waals surface area contributed by atoms with Crippen LogP contribution < -0.4 is 5.32 Å². The van der Waals surface area contributed by atoms with Gasteiger partial charge in [0.25, 0.3) is 0 Å². The van der Waals surface area contributed by atoms with Crippen LogP contribution in [0, 0.1) is 6.92 Å². The second kappa shape index (κ2) is 6.74. The Kier molecular flexibility index (Phi) is 5.00. The van der Waals surface area contributed by atoms with Gasteiger partial charge in [-0.25, -0.2) is 4.79 Å². The number of hydrogen-bond acceptors (Lipinski definition) is 3. The maximum absolute atomic E-state index is 11.9. The van der Waals surface area contributed by atoms with Gasteiger partial charge in [-0.15, -0.1) is 0 Å². The maximum Gasteiger partial charge on any atom is 0.409 e. The minimum atomic E-state index is -0.331. The third-order valence-corrected chi connectivity index (χ3v) is 3.97. The van der Waals surface area contributed by atoms with Gasteiger partial charge in [-0.1, -0.05) is 22.0 Å². The number of aryl methyl sites for hydroxylation is 1. The molecule has 0 radical (unpaired) electrons. The zero-order valence-electron chi connectivity index (χ0n) is 11.3. The van der Waals surface area contributed by atoms with Crippen molar-refractivity contribution < 1.29 is 14.3 Å². The lowest BCUT2D eigenvalue weighted by atomic mass is 10.2. The molecule has 1 heterocycles. The number of hydrogen-bond donors (Lipinski definition) is 1. The summed E-state index contributed by atoms with van der Waals surface area (Å²) in [6.45, 7) is 3.50. The van der Waals surface area contributed by atoms with Crippen LogP contribution in [0.15, 0.2) is 22.7 Å². The van der Waals surface area contributed by atoms with E-state index in [1.54, 1.807) is 4.90 Å². The van der Waals surface area contributed by atoms with Gasteiger partial charge >= 0.3 is 6.09 Å². The Hall–Kier alpha value is -1.56. The zero-order valence-corrected chi connectivity index (χ0v) is 12.9. The van der Waals surface area contributed by atoms with E-state index in [1.807, 2.05) is 25.1 Å². The van der Waals surface area contributed by atoms with E-state index in [9.17, 15) is 9.59 Å². The molecule has 2 amide bonds. The molecule has 0 spiro atoms. The normalized spacial score (nSPS) is 14.9. The molecule has 2 rings (SSSR count). The highest BCUT2D eigenvalue weighted by atomic mass is 79.9. The monoisotopic (exact) mass is 340 g/mol. The van der Waals surface area contributed by atoms with Crippen LogP contribution in [0.5, 0.6) is 0 Å². The maximum atomic E-state index is 11.9.